The zero-order chi connectivity index (χ0) is 26.5. The topological polar surface area (TPSA) is 107 Å². The standard InChI is InChI=1S/C26H35BFN5O4/c1-6-33-18(13-14-29-33)23(34)32-21(20(15-7-8-15)16-9-10-16)24(35)31-19-12-11-17(22(28)30-19)27-36-25(2,3)26(4,5)37-27/h11-16,20-21H,6-10H2,1-5H3,(H,32,34)(H,30,31,35). The van der Waals surface area contributed by atoms with E-state index in [4.69, 9.17) is 9.31 Å². The van der Waals surface area contributed by atoms with E-state index >= 15 is 4.39 Å². The summed E-state index contributed by atoms with van der Waals surface area (Å²) in [7, 11) is -0.896. The lowest BCUT2D eigenvalue weighted by Crippen LogP contribution is -2.50. The third-order valence-electron chi connectivity index (χ3n) is 8.17. The highest BCUT2D eigenvalue weighted by Crippen LogP contribution is 2.51. The molecular weight excluding hydrogens is 476 g/mol. The van der Waals surface area contributed by atoms with Gasteiger partial charge in [0.25, 0.3) is 5.91 Å². The summed E-state index contributed by atoms with van der Waals surface area (Å²) in [5.74, 6) is -0.604. The molecule has 0 spiro atoms. The molecule has 2 saturated carbocycles. The number of pyridine rings is 1. The van der Waals surface area contributed by atoms with Gasteiger partial charge in [0, 0.05) is 18.2 Å². The largest absolute Gasteiger partial charge is 0.499 e. The fraction of sp³-hybridized carbons (Fsp3) is 0.615. The molecular formula is C26H35BFN5O4. The number of carbonyl (C=O) groups is 2. The van der Waals surface area contributed by atoms with Crippen LogP contribution in [-0.2, 0) is 20.6 Å². The number of nitrogens with zero attached hydrogens (tertiary/aromatic N) is 3. The lowest BCUT2D eigenvalue weighted by molar-refractivity contribution is -0.119. The molecule has 1 atom stereocenters. The number of carbonyl (C=O) groups excluding carboxylic acids is 2. The van der Waals surface area contributed by atoms with Gasteiger partial charge in [0.05, 0.1) is 11.2 Å². The van der Waals surface area contributed by atoms with Gasteiger partial charge in [-0.1, -0.05) is 6.07 Å². The molecule has 11 heteroatoms. The minimum absolute atomic E-state index is 0.0378. The van der Waals surface area contributed by atoms with Gasteiger partial charge in [-0.25, -0.2) is 4.98 Å². The SMILES string of the molecule is CCn1nccc1C(=O)NC(C(=O)Nc1ccc(B2OC(C)(C)C(C)(C)O2)c(F)n1)C(C1CC1)C1CC1. The molecule has 5 rings (SSSR count). The van der Waals surface area contributed by atoms with Crippen LogP contribution < -0.4 is 16.1 Å². The number of nitrogens with one attached hydrogen (secondary N) is 2. The predicted molar refractivity (Wildman–Crippen MR) is 137 cm³/mol. The first kappa shape index (κ1) is 25.8. The summed E-state index contributed by atoms with van der Waals surface area (Å²) in [5, 5.41) is 9.89. The van der Waals surface area contributed by atoms with Gasteiger partial charge in [-0.3, -0.25) is 14.3 Å². The number of anilines is 1. The first-order valence-corrected chi connectivity index (χ1v) is 13.2. The zero-order valence-electron chi connectivity index (χ0n) is 22.1. The smallest absolute Gasteiger partial charge is 0.399 e. The second-order valence-electron chi connectivity index (χ2n) is 11.4. The number of amides is 2. The summed E-state index contributed by atoms with van der Waals surface area (Å²) in [5.41, 5.74) is -0.656. The van der Waals surface area contributed by atoms with Gasteiger partial charge in [-0.15, -0.1) is 0 Å². The molecule has 0 aromatic carbocycles. The fourth-order valence-corrected chi connectivity index (χ4v) is 5.09. The molecule has 37 heavy (non-hydrogen) atoms. The molecule has 2 N–H and O–H groups in total. The molecule has 2 aromatic heterocycles. The molecule has 198 valence electrons. The van der Waals surface area contributed by atoms with Crippen LogP contribution in [0, 0.1) is 23.7 Å². The molecule has 9 nitrogen and oxygen atoms in total. The monoisotopic (exact) mass is 511 g/mol. The highest BCUT2D eigenvalue weighted by molar-refractivity contribution is 6.62. The van der Waals surface area contributed by atoms with Crippen molar-refractivity contribution in [1.82, 2.24) is 20.1 Å². The van der Waals surface area contributed by atoms with E-state index in [1.807, 2.05) is 34.6 Å². The molecule has 0 radical (unpaired) electrons. The Morgan fingerprint density at radius 3 is 2.27 bits per heavy atom. The van der Waals surface area contributed by atoms with Gasteiger partial charge in [-0.05, 0) is 90.2 Å². The van der Waals surface area contributed by atoms with Gasteiger partial charge >= 0.3 is 7.12 Å². The Morgan fingerprint density at radius 2 is 1.73 bits per heavy atom. The number of hydrogen-bond donors (Lipinski definition) is 2. The van der Waals surface area contributed by atoms with Crippen molar-refractivity contribution >= 4 is 30.2 Å². The molecule has 2 aromatic rings. The summed E-state index contributed by atoms with van der Waals surface area (Å²) in [6.07, 6.45) is 5.75. The molecule has 3 fully saturated rings. The summed E-state index contributed by atoms with van der Waals surface area (Å²) in [4.78, 5) is 30.7. The highest BCUT2D eigenvalue weighted by Gasteiger charge is 2.53. The molecule has 1 saturated heterocycles. The van der Waals surface area contributed by atoms with E-state index in [9.17, 15) is 9.59 Å². The van der Waals surface area contributed by atoms with Crippen LogP contribution in [0.4, 0.5) is 10.2 Å². The maximum Gasteiger partial charge on any atom is 0.499 e. The Kier molecular flexibility index (Phi) is 6.64. The quantitative estimate of drug-likeness (QED) is 0.396. The van der Waals surface area contributed by atoms with Crippen molar-refractivity contribution in [3.8, 4) is 0 Å². The Labute approximate surface area is 217 Å². The maximum atomic E-state index is 15.1. The van der Waals surface area contributed by atoms with E-state index in [0.717, 1.165) is 25.7 Å². The van der Waals surface area contributed by atoms with Crippen LogP contribution in [0.15, 0.2) is 24.4 Å². The van der Waals surface area contributed by atoms with Crippen molar-refractivity contribution in [1.29, 1.82) is 0 Å². The average Bonchev–Trinajstić information content (AvgIpc) is 3.76. The first-order valence-electron chi connectivity index (χ1n) is 13.2. The van der Waals surface area contributed by atoms with Crippen LogP contribution in [0.1, 0.15) is 70.8 Å². The summed E-state index contributed by atoms with van der Waals surface area (Å²) >= 11 is 0. The summed E-state index contributed by atoms with van der Waals surface area (Å²) in [6, 6.07) is 3.95. The van der Waals surface area contributed by atoms with Crippen LogP contribution >= 0.6 is 0 Å². The van der Waals surface area contributed by atoms with E-state index in [2.05, 4.69) is 20.7 Å². The predicted octanol–water partition coefficient (Wildman–Crippen LogP) is 2.91. The van der Waals surface area contributed by atoms with Crippen molar-refractivity contribution in [3.63, 3.8) is 0 Å². The molecule has 1 aliphatic heterocycles. The van der Waals surface area contributed by atoms with E-state index in [-0.39, 0.29) is 23.1 Å². The van der Waals surface area contributed by atoms with Crippen molar-refractivity contribution in [2.45, 2.75) is 84.1 Å². The maximum absolute atomic E-state index is 15.1. The van der Waals surface area contributed by atoms with Crippen molar-refractivity contribution in [2.75, 3.05) is 5.32 Å². The molecule has 2 aliphatic carbocycles. The first-order chi connectivity index (χ1) is 17.5. The minimum atomic E-state index is -0.896. The van der Waals surface area contributed by atoms with E-state index in [1.54, 1.807) is 16.9 Å². The Bertz CT molecular complexity index is 1170. The van der Waals surface area contributed by atoms with Gasteiger partial charge in [-0.2, -0.15) is 9.49 Å². The molecule has 0 bridgehead atoms. The lowest BCUT2D eigenvalue weighted by atomic mass is 9.80. The number of aryl methyl sites for hydroxylation is 1. The summed E-state index contributed by atoms with van der Waals surface area (Å²) < 4.78 is 28.5. The van der Waals surface area contributed by atoms with E-state index in [1.165, 1.54) is 12.1 Å². The Balaban J connectivity index is 1.34. The Morgan fingerprint density at radius 1 is 1.11 bits per heavy atom. The third-order valence-corrected chi connectivity index (χ3v) is 8.17. The zero-order valence-corrected chi connectivity index (χ0v) is 22.1. The second-order valence-corrected chi connectivity index (χ2v) is 11.4. The van der Waals surface area contributed by atoms with Gasteiger partial charge in [0.2, 0.25) is 11.9 Å². The van der Waals surface area contributed by atoms with Gasteiger partial charge in [0.15, 0.2) is 0 Å². The van der Waals surface area contributed by atoms with Crippen LogP contribution in [0.5, 0.6) is 0 Å². The van der Waals surface area contributed by atoms with E-state index in [0.29, 0.717) is 24.1 Å². The van der Waals surface area contributed by atoms with E-state index < -0.39 is 36.2 Å². The van der Waals surface area contributed by atoms with Crippen LogP contribution in [0.2, 0.25) is 0 Å². The molecule has 2 amide bonds. The summed E-state index contributed by atoms with van der Waals surface area (Å²) in [6.45, 7) is 10.0. The number of aromatic nitrogens is 3. The Hall–Kier alpha value is -2.79. The van der Waals surface area contributed by atoms with Crippen LogP contribution in [-0.4, -0.2) is 50.9 Å². The lowest BCUT2D eigenvalue weighted by Gasteiger charge is -2.32. The van der Waals surface area contributed by atoms with Crippen molar-refractivity contribution < 1.29 is 23.3 Å². The van der Waals surface area contributed by atoms with Crippen molar-refractivity contribution in [3.05, 3.63) is 36.0 Å². The molecule has 1 unspecified atom stereocenters. The molecule has 3 heterocycles. The second kappa shape index (κ2) is 9.51. The molecule has 3 aliphatic rings. The van der Waals surface area contributed by atoms with Crippen LogP contribution in [0.25, 0.3) is 0 Å². The number of halogens is 1. The van der Waals surface area contributed by atoms with Gasteiger partial charge < -0.3 is 19.9 Å². The fourth-order valence-electron chi connectivity index (χ4n) is 5.09. The number of hydrogen-bond acceptors (Lipinski definition) is 6. The minimum Gasteiger partial charge on any atom is -0.399 e. The van der Waals surface area contributed by atoms with Gasteiger partial charge in [0.1, 0.15) is 17.6 Å². The average molecular weight is 511 g/mol. The van der Waals surface area contributed by atoms with Crippen LogP contribution in [0.3, 0.4) is 0 Å². The third kappa shape index (κ3) is 5.16. The highest BCUT2D eigenvalue weighted by atomic mass is 19.1. The van der Waals surface area contributed by atoms with Crippen molar-refractivity contribution in [2.24, 2.45) is 17.8 Å². The number of rotatable bonds is 9. The normalized spacial score (nSPS) is 21.2.